The van der Waals surface area contributed by atoms with Gasteiger partial charge in [-0.25, -0.2) is 8.42 Å². The van der Waals surface area contributed by atoms with Gasteiger partial charge in [-0.1, -0.05) is 19.1 Å². The van der Waals surface area contributed by atoms with Crippen molar-refractivity contribution in [3.63, 3.8) is 0 Å². The molecule has 1 aromatic rings. The molecule has 1 fully saturated rings. The van der Waals surface area contributed by atoms with Gasteiger partial charge in [0.15, 0.2) is 0 Å². The van der Waals surface area contributed by atoms with Gasteiger partial charge in [0, 0.05) is 19.6 Å². The normalized spacial score (nSPS) is 22.7. The van der Waals surface area contributed by atoms with Crippen molar-refractivity contribution in [1.82, 2.24) is 9.21 Å². The summed E-state index contributed by atoms with van der Waals surface area (Å²) in [5, 5.41) is 10.3. The lowest BCUT2D eigenvalue weighted by Gasteiger charge is -2.26. The predicted molar refractivity (Wildman–Crippen MR) is 89.9 cm³/mol. The number of sulfonamides is 1. The van der Waals surface area contributed by atoms with Gasteiger partial charge in [-0.3, -0.25) is 4.90 Å². The highest BCUT2D eigenvalue weighted by atomic mass is 32.2. The largest absolute Gasteiger partial charge is 0.497 e. The van der Waals surface area contributed by atoms with Crippen LogP contribution in [0, 0.1) is 0 Å². The number of hydrogen-bond acceptors (Lipinski definition) is 5. The molecule has 0 saturated carbocycles. The Balaban J connectivity index is 2.00. The van der Waals surface area contributed by atoms with Gasteiger partial charge in [-0.05, 0) is 31.2 Å². The maximum Gasteiger partial charge on any atom is 0.214 e. The maximum absolute atomic E-state index is 12.2. The fraction of sp³-hybridized carbons (Fsp3) is 0.625. The molecule has 1 aliphatic heterocycles. The van der Waals surface area contributed by atoms with Crippen molar-refractivity contribution in [2.24, 2.45) is 0 Å². The fourth-order valence-electron chi connectivity index (χ4n) is 2.92. The molecule has 6 nitrogen and oxygen atoms in total. The second-order valence-electron chi connectivity index (χ2n) is 6.03. The van der Waals surface area contributed by atoms with Crippen LogP contribution >= 0.6 is 0 Å². The quantitative estimate of drug-likeness (QED) is 0.798. The van der Waals surface area contributed by atoms with E-state index in [9.17, 15) is 13.5 Å². The summed E-state index contributed by atoms with van der Waals surface area (Å²) in [4.78, 5) is 2.01. The van der Waals surface area contributed by atoms with Gasteiger partial charge >= 0.3 is 0 Å². The van der Waals surface area contributed by atoms with Gasteiger partial charge in [-0.15, -0.1) is 0 Å². The molecule has 2 atom stereocenters. The van der Waals surface area contributed by atoms with E-state index in [0.29, 0.717) is 19.5 Å². The lowest BCUT2D eigenvalue weighted by molar-refractivity contribution is 0.0953. The molecule has 1 heterocycles. The van der Waals surface area contributed by atoms with Crippen molar-refractivity contribution >= 4 is 10.0 Å². The Labute approximate surface area is 138 Å². The number of aliphatic hydroxyl groups excluding tert-OH is 1. The minimum atomic E-state index is -3.26. The number of rotatable bonds is 7. The first-order valence-electron chi connectivity index (χ1n) is 7.86. The number of nitrogens with zero attached hydrogens (tertiary/aromatic N) is 2. The van der Waals surface area contributed by atoms with Crippen molar-refractivity contribution in [3.8, 4) is 5.75 Å². The zero-order chi connectivity index (χ0) is 17.0. The Hall–Kier alpha value is -1.15. The molecule has 0 bridgehead atoms. The number of ether oxygens (including phenoxy) is 1. The van der Waals surface area contributed by atoms with Gasteiger partial charge in [0.05, 0.1) is 25.0 Å². The molecule has 0 spiro atoms. The molecule has 130 valence electrons. The van der Waals surface area contributed by atoms with Gasteiger partial charge in [-0.2, -0.15) is 4.31 Å². The van der Waals surface area contributed by atoms with Crippen LogP contribution in [0.2, 0.25) is 0 Å². The zero-order valence-electron chi connectivity index (χ0n) is 14.0. The highest BCUT2D eigenvalue weighted by Crippen LogP contribution is 2.21. The van der Waals surface area contributed by atoms with E-state index in [2.05, 4.69) is 0 Å². The Morgan fingerprint density at radius 3 is 2.52 bits per heavy atom. The van der Waals surface area contributed by atoms with E-state index in [-0.39, 0.29) is 18.3 Å². The number of benzene rings is 1. The summed E-state index contributed by atoms with van der Waals surface area (Å²) in [6.45, 7) is 3.01. The number of hydrogen-bond donors (Lipinski definition) is 1. The molecule has 0 amide bonds. The third kappa shape index (κ3) is 4.44. The van der Waals surface area contributed by atoms with Crippen LogP contribution in [0.1, 0.15) is 18.9 Å². The molecule has 7 heteroatoms. The summed E-state index contributed by atoms with van der Waals surface area (Å²) in [6.07, 6.45) is -0.0775. The predicted octanol–water partition coefficient (Wildman–Crippen LogP) is 0.912. The summed E-state index contributed by atoms with van der Waals surface area (Å²) in [5.74, 6) is 0.934. The lowest BCUT2D eigenvalue weighted by Crippen LogP contribution is -2.40. The van der Waals surface area contributed by atoms with Crippen molar-refractivity contribution < 1.29 is 18.3 Å². The van der Waals surface area contributed by atoms with E-state index in [1.807, 2.05) is 43.1 Å². The molecule has 1 aromatic carbocycles. The maximum atomic E-state index is 12.2. The van der Waals surface area contributed by atoms with E-state index in [0.717, 1.165) is 11.3 Å². The molecule has 0 aromatic heterocycles. The summed E-state index contributed by atoms with van der Waals surface area (Å²) >= 11 is 0. The van der Waals surface area contributed by atoms with E-state index in [1.54, 1.807) is 7.11 Å². The average molecular weight is 342 g/mol. The van der Waals surface area contributed by atoms with Crippen LogP contribution in [0.25, 0.3) is 0 Å². The summed E-state index contributed by atoms with van der Waals surface area (Å²) < 4.78 is 30.9. The Bertz CT molecular complexity index is 603. The first-order valence-corrected chi connectivity index (χ1v) is 9.47. The number of aliphatic hydroxyl groups is 1. The molecule has 1 aliphatic rings. The van der Waals surface area contributed by atoms with Crippen molar-refractivity contribution in [2.45, 2.75) is 32.0 Å². The van der Waals surface area contributed by atoms with Crippen LogP contribution in [0.15, 0.2) is 24.3 Å². The fourth-order valence-corrected chi connectivity index (χ4v) is 4.45. The van der Waals surface area contributed by atoms with Gasteiger partial charge < -0.3 is 9.84 Å². The number of β-amino-alcohol motifs (C(OH)–C–C–N with tert-alkyl or cyclic N) is 1. The van der Waals surface area contributed by atoms with Crippen LogP contribution in [0.3, 0.4) is 0 Å². The van der Waals surface area contributed by atoms with Gasteiger partial charge in [0.1, 0.15) is 5.75 Å². The van der Waals surface area contributed by atoms with Crippen LogP contribution in [-0.4, -0.2) is 67.9 Å². The molecule has 0 aliphatic carbocycles. The molecular weight excluding hydrogens is 316 g/mol. The highest BCUT2D eigenvalue weighted by molar-refractivity contribution is 7.89. The second kappa shape index (κ2) is 7.61. The Morgan fingerprint density at radius 1 is 1.30 bits per heavy atom. The van der Waals surface area contributed by atoms with E-state index in [1.165, 1.54) is 4.31 Å². The van der Waals surface area contributed by atoms with Crippen LogP contribution < -0.4 is 4.74 Å². The number of likely N-dealkylation sites (N-methyl/N-ethyl adjacent to an activating group) is 1. The molecule has 2 rings (SSSR count). The minimum Gasteiger partial charge on any atom is -0.497 e. The molecule has 0 unspecified atom stereocenters. The standard InChI is InChI=1S/C16H26N2O4S/c1-4-9-23(20,21)18-11-15(16(19)12-18)17(2)10-13-5-7-14(22-3)8-6-13/h5-8,15-16,19H,4,9-12H2,1-3H3/t15-,16-/m1/s1. The minimum absolute atomic E-state index is 0.134. The van der Waals surface area contributed by atoms with E-state index < -0.39 is 16.1 Å². The third-order valence-electron chi connectivity index (χ3n) is 4.24. The zero-order valence-corrected chi connectivity index (χ0v) is 14.8. The topological polar surface area (TPSA) is 70.1 Å². The molecule has 1 N–H and O–H groups in total. The first kappa shape index (κ1) is 18.2. The Kier molecular flexibility index (Phi) is 6.02. The highest BCUT2D eigenvalue weighted by Gasteiger charge is 2.39. The van der Waals surface area contributed by atoms with Crippen LogP contribution in [0.5, 0.6) is 5.75 Å². The Morgan fingerprint density at radius 2 is 1.96 bits per heavy atom. The lowest BCUT2D eigenvalue weighted by atomic mass is 10.1. The van der Waals surface area contributed by atoms with E-state index in [4.69, 9.17) is 4.74 Å². The molecule has 1 saturated heterocycles. The van der Waals surface area contributed by atoms with Crippen LogP contribution in [0.4, 0.5) is 0 Å². The van der Waals surface area contributed by atoms with Crippen molar-refractivity contribution in [1.29, 1.82) is 0 Å². The number of methoxy groups -OCH3 is 1. The summed E-state index contributed by atoms with van der Waals surface area (Å²) in [6, 6.07) is 7.55. The van der Waals surface area contributed by atoms with Crippen molar-refractivity contribution in [2.75, 3.05) is 33.0 Å². The molecule has 23 heavy (non-hydrogen) atoms. The van der Waals surface area contributed by atoms with Gasteiger partial charge in [0.2, 0.25) is 10.0 Å². The molecular formula is C16H26N2O4S. The SMILES string of the molecule is CCCS(=O)(=O)N1C[C@@H](O)[C@H](N(C)Cc2ccc(OC)cc2)C1. The first-order chi connectivity index (χ1) is 10.9. The van der Waals surface area contributed by atoms with Crippen molar-refractivity contribution in [3.05, 3.63) is 29.8 Å². The molecule has 0 radical (unpaired) electrons. The third-order valence-corrected chi connectivity index (χ3v) is 6.25. The van der Waals surface area contributed by atoms with Crippen LogP contribution in [-0.2, 0) is 16.6 Å². The smallest absolute Gasteiger partial charge is 0.214 e. The van der Waals surface area contributed by atoms with E-state index >= 15 is 0 Å². The van der Waals surface area contributed by atoms with Gasteiger partial charge in [0.25, 0.3) is 0 Å². The average Bonchev–Trinajstić information content (AvgIpc) is 2.91. The summed E-state index contributed by atoms with van der Waals surface area (Å²) in [7, 11) is 0.276. The summed E-state index contributed by atoms with van der Waals surface area (Å²) in [5.41, 5.74) is 1.09. The second-order valence-corrected chi connectivity index (χ2v) is 8.12. The monoisotopic (exact) mass is 342 g/mol.